The first-order valence-corrected chi connectivity index (χ1v) is 6.27. The van der Waals surface area contributed by atoms with Crippen LogP contribution in [0.5, 0.6) is 0 Å². The summed E-state index contributed by atoms with van der Waals surface area (Å²) in [6.07, 6.45) is 0.867. The lowest BCUT2D eigenvalue weighted by Gasteiger charge is -2.20. The molecule has 1 aromatic rings. The van der Waals surface area contributed by atoms with E-state index in [0.29, 0.717) is 10.9 Å². The van der Waals surface area contributed by atoms with Gasteiger partial charge in [-0.25, -0.2) is 4.39 Å². The third kappa shape index (κ3) is 3.58. The van der Waals surface area contributed by atoms with Crippen LogP contribution in [0.4, 0.5) is 4.39 Å². The van der Waals surface area contributed by atoms with Crippen molar-refractivity contribution in [3.05, 3.63) is 35.6 Å². The van der Waals surface area contributed by atoms with Gasteiger partial charge in [-0.3, -0.25) is 0 Å². The van der Waals surface area contributed by atoms with E-state index in [2.05, 4.69) is 22.9 Å². The predicted octanol–water partition coefficient (Wildman–Crippen LogP) is 4.08. The van der Waals surface area contributed by atoms with Crippen molar-refractivity contribution < 1.29 is 9.13 Å². The van der Waals surface area contributed by atoms with Crippen LogP contribution in [0.15, 0.2) is 24.3 Å². The molecule has 2 unspecified atom stereocenters. The van der Waals surface area contributed by atoms with Gasteiger partial charge in [0.2, 0.25) is 0 Å². The predicted molar refractivity (Wildman–Crippen MR) is 63.8 cm³/mol. The molecule has 0 amide bonds. The number of rotatable bonds is 5. The highest BCUT2D eigenvalue weighted by Gasteiger charge is 2.16. The lowest BCUT2D eigenvalue weighted by molar-refractivity contribution is 0.00711. The van der Waals surface area contributed by atoms with Crippen LogP contribution in [0.2, 0.25) is 0 Å². The van der Waals surface area contributed by atoms with Crippen LogP contribution in [0.1, 0.15) is 31.9 Å². The molecular weight excluding hydrogens is 259 g/mol. The zero-order chi connectivity index (χ0) is 11.3. The maximum absolute atomic E-state index is 13.5. The van der Waals surface area contributed by atoms with Gasteiger partial charge in [0.15, 0.2) is 0 Å². The maximum atomic E-state index is 13.5. The number of benzene rings is 1. The molecule has 1 nitrogen and oxygen atoms in total. The van der Waals surface area contributed by atoms with E-state index < -0.39 is 0 Å². The number of alkyl halides is 1. The lowest BCUT2D eigenvalue weighted by Crippen LogP contribution is -2.15. The van der Waals surface area contributed by atoms with E-state index in [4.69, 9.17) is 4.74 Å². The van der Waals surface area contributed by atoms with Gasteiger partial charge in [0.05, 0.1) is 12.2 Å². The standard InChI is InChI=1S/C12H16BrFO/c1-3-9(2)15-12(8-13)10-6-4-5-7-11(10)14/h4-7,9,12H,3,8H2,1-2H3. The Hall–Kier alpha value is -0.410. The molecule has 0 saturated carbocycles. The summed E-state index contributed by atoms with van der Waals surface area (Å²) in [6, 6.07) is 6.75. The highest BCUT2D eigenvalue weighted by Crippen LogP contribution is 2.24. The summed E-state index contributed by atoms with van der Waals surface area (Å²) in [7, 11) is 0. The third-order valence-corrected chi connectivity index (χ3v) is 2.95. The van der Waals surface area contributed by atoms with Crippen LogP contribution in [0, 0.1) is 5.82 Å². The van der Waals surface area contributed by atoms with Crippen molar-refractivity contribution in [3.63, 3.8) is 0 Å². The van der Waals surface area contributed by atoms with Gasteiger partial charge >= 0.3 is 0 Å². The minimum Gasteiger partial charge on any atom is -0.370 e. The Morgan fingerprint density at radius 1 is 1.40 bits per heavy atom. The Labute approximate surface area is 98.8 Å². The van der Waals surface area contributed by atoms with E-state index in [-0.39, 0.29) is 18.0 Å². The summed E-state index contributed by atoms with van der Waals surface area (Å²) in [5.41, 5.74) is 0.620. The van der Waals surface area contributed by atoms with Crippen molar-refractivity contribution >= 4 is 15.9 Å². The molecule has 0 N–H and O–H groups in total. The fraction of sp³-hybridized carbons (Fsp3) is 0.500. The molecule has 84 valence electrons. The molecule has 0 bridgehead atoms. The molecule has 0 saturated heterocycles. The summed E-state index contributed by atoms with van der Waals surface area (Å²) < 4.78 is 19.2. The van der Waals surface area contributed by atoms with Gasteiger partial charge in [-0.1, -0.05) is 41.1 Å². The second kappa shape index (κ2) is 6.23. The smallest absolute Gasteiger partial charge is 0.129 e. The molecule has 0 spiro atoms. The van der Waals surface area contributed by atoms with Gasteiger partial charge in [-0.05, 0) is 19.4 Å². The van der Waals surface area contributed by atoms with Crippen molar-refractivity contribution in [2.45, 2.75) is 32.5 Å². The zero-order valence-electron chi connectivity index (χ0n) is 9.04. The molecule has 3 heteroatoms. The van der Waals surface area contributed by atoms with E-state index in [1.807, 2.05) is 13.0 Å². The number of hydrogen-bond acceptors (Lipinski definition) is 1. The van der Waals surface area contributed by atoms with E-state index in [1.165, 1.54) is 6.07 Å². The summed E-state index contributed by atoms with van der Waals surface area (Å²) in [5.74, 6) is -0.203. The molecule has 0 aromatic heterocycles. The fourth-order valence-corrected chi connectivity index (χ4v) is 1.81. The Morgan fingerprint density at radius 3 is 2.60 bits per heavy atom. The first kappa shape index (κ1) is 12.7. The number of halogens is 2. The first-order valence-electron chi connectivity index (χ1n) is 5.14. The van der Waals surface area contributed by atoms with Crippen LogP contribution in [0.25, 0.3) is 0 Å². The van der Waals surface area contributed by atoms with Crippen molar-refractivity contribution in [1.82, 2.24) is 0 Å². The third-order valence-electron chi connectivity index (χ3n) is 2.36. The van der Waals surface area contributed by atoms with E-state index in [1.54, 1.807) is 12.1 Å². The fourth-order valence-electron chi connectivity index (χ4n) is 1.31. The van der Waals surface area contributed by atoms with Crippen molar-refractivity contribution in [3.8, 4) is 0 Å². The summed E-state index contributed by atoms with van der Waals surface area (Å²) in [6.45, 7) is 4.05. The lowest BCUT2D eigenvalue weighted by atomic mass is 10.1. The van der Waals surface area contributed by atoms with Crippen molar-refractivity contribution in [1.29, 1.82) is 0 Å². The van der Waals surface area contributed by atoms with E-state index in [9.17, 15) is 4.39 Å². The van der Waals surface area contributed by atoms with E-state index in [0.717, 1.165) is 6.42 Å². The van der Waals surface area contributed by atoms with Gasteiger partial charge in [-0.2, -0.15) is 0 Å². The summed E-state index contributed by atoms with van der Waals surface area (Å²) in [5, 5.41) is 0.609. The minimum absolute atomic E-state index is 0.146. The molecule has 1 rings (SSSR count). The monoisotopic (exact) mass is 274 g/mol. The molecule has 0 radical (unpaired) electrons. The Balaban J connectivity index is 2.78. The van der Waals surface area contributed by atoms with Gasteiger partial charge < -0.3 is 4.74 Å². The molecule has 0 fully saturated rings. The van der Waals surface area contributed by atoms with E-state index >= 15 is 0 Å². The van der Waals surface area contributed by atoms with Gasteiger partial charge in [0.25, 0.3) is 0 Å². The molecular formula is C12H16BrFO. The number of hydrogen-bond donors (Lipinski definition) is 0. The normalized spacial score (nSPS) is 14.9. The number of ether oxygens (including phenoxy) is 1. The zero-order valence-corrected chi connectivity index (χ0v) is 10.6. The van der Waals surface area contributed by atoms with Crippen molar-refractivity contribution in [2.24, 2.45) is 0 Å². The van der Waals surface area contributed by atoms with Crippen LogP contribution >= 0.6 is 15.9 Å². The van der Waals surface area contributed by atoms with Crippen LogP contribution in [-0.4, -0.2) is 11.4 Å². The van der Waals surface area contributed by atoms with Crippen LogP contribution in [-0.2, 0) is 4.74 Å². The second-order valence-corrected chi connectivity index (χ2v) is 4.17. The molecule has 2 atom stereocenters. The average Bonchev–Trinajstić information content (AvgIpc) is 2.26. The van der Waals surface area contributed by atoms with Gasteiger partial charge in [0, 0.05) is 10.9 Å². The summed E-state index contributed by atoms with van der Waals surface area (Å²) in [4.78, 5) is 0. The largest absolute Gasteiger partial charge is 0.370 e. The topological polar surface area (TPSA) is 9.23 Å². The molecule has 15 heavy (non-hydrogen) atoms. The highest BCUT2D eigenvalue weighted by atomic mass is 79.9. The highest BCUT2D eigenvalue weighted by molar-refractivity contribution is 9.09. The Kier molecular flexibility index (Phi) is 5.26. The van der Waals surface area contributed by atoms with Gasteiger partial charge in [-0.15, -0.1) is 0 Å². The van der Waals surface area contributed by atoms with Crippen molar-refractivity contribution in [2.75, 3.05) is 5.33 Å². The molecule has 1 aromatic carbocycles. The molecule has 0 aliphatic carbocycles. The SMILES string of the molecule is CCC(C)OC(CBr)c1ccccc1F. The second-order valence-electron chi connectivity index (χ2n) is 3.52. The quantitative estimate of drug-likeness (QED) is 0.736. The minimum atomic E-state index is -0.207. The molecule has 0 aliphatic rings. The van der Waals surface area contributed by atoms with Crippen LogP contribution in [0.3, 0.4) is 0 Å². The average molecular weight is 275 g/mol. The summed E-state index contributed by atoms with van der Waals surface area (Å²) >= 11 is 3.35. The Morgan fingerprint density at radius 2 is 2.07 bits per heavy atom. The first-order chi connectivity index (χ1) is 7.19. The molecule has 0 heterocycles. The van der Waals surface area contributed by atoms with Crippen LogP contribution < -0.4 is 0 Å². The van der Waals surface area contributed by atoms with Gasteiger partial charge in [0.1, 0.15) is 5.82 Å². The molecule has 0 aliphatic heterocycles. The Bertz CT molecular complexity index is 303. The maximum Gasteiger partial charge on any atom is 0.129 e.